The average Bonchev–Trinajstić information content (AvgIpc) is 2.01. The van der Waals surface area contributed by atoms with Crippen LogP contribution in [0.2, 0.25) is 0 Å². The van der Waals surface area contributed by atoms with E-state index in [0.717, 1.165) is 0 Å². The summed E-state index contributed by atoms with van der Waals surface area (Å²) in [5.74, 6) is -0.398. The van der Waals surface area contributed by atoms with Crippen molar-refractivity contribution in [1.29, 1.82) is 0 Å². The molecule has 13 heavy (non-hydrogen) atoms. The predicted octanol–water partition coefficient (Wildman–Crippen LogP) is -0.121. The fraction of sp³-hybridized carbons (Fsp3) is 0.429. The second-order valence-corrected chi connectivity index (χ2v) is 3.86. The van der Waals surface area contributed by atoms with Crippen molar-refractivity contribution in [1.82, 2.24) is 4.90 Å². The molecule has 0 saturated carbocycles. The third kappa shape index (κ3) is 1.79. The average molecular weight is 208 g/mol. The van der Waals surface area contributed by atoms with Gasteiger partial charge in [-0.05, 0) is 6.08 Å². The van der Waals surface area contributed by atoms with E-state index in [1.807, 2.05) is 0 Å². The number of amides is 1. The molecule has 1 saturated heterocycles. The molecule has 0 aromatic heterocycles. The van der Waals surface area contributed by atoms with Crippen molar-refractivity contribution in [2.24, 2.45) is 0 Å². The molecule has 0 bridgehead atoms. The Labute approximate surface area is 102 Å². The Balaban J connectivity index is 0.000000845. The van der Waals surface area contributed by atoms with Crippen LogP contribution < -0.4 is 0 Å². The Morgan fingerprint density at radius 3 is 2.85 bits per heavy atom. The molecule has 0 spiro atoms. The van der Waals surface area contributed by atoms with E-state index in [0.29, 0.717) is 12.2 Å². The fourth-order valence-electron chi connectivity index (χ4n) is 1.34. The van der Waals surface area contributed by atoms with Crippen LogP contribution in [-0.2, 0) is 9.59 Å². The van der Waals surface area contributed by atoms with Crippen molar-refractivity contribution >= 4 is 53.2 Å². The molecule has 1 amide bonds. The van der Waals surface area contributed by atoms with Gasteiger partial charge in [-0.3, -0.25) is 9.69 Å². The molecule has 2 aliphatic heterocycles. The van der Waals surface area contributed by atoms with Crippen LogP contribution in [0.5, 0.6) is 0 Å². The number of thioether (sulfide) groups is 1. The third-order valence-corrected chi connectivity index (χ3v) is 3.07. The van der Waals surface area contributed by atoms with E-state index >= 15 is 0 Å². The van der Waals surface area contributed by atoms with E-state index in [1.54, 1.807) is 17.8 Å². The molecule has 1 fully saturated rings. The number of aliphatic carboxylic acids is 1. The first-order chi connectivity index (χ1) is 5.70. The van der Waals surface area contributed by atoms with Gasteiger partial charge in [0, 0.05) is 35.3 Å². The summed E-state index contributed by atoms with van der Waals surface area (Å²) in [5.41, 5.74) is 0.148. The molecule has 6 heteroatoms. The number of nitrogens with zero attached hydrogens (tertiary/aromatic N) is 1. The quantitative estimate of drug-likeness (QED) is 0.482. The van der Waals surface area contributed by atoms with Crippen molar-refractivity contribution in [3.8, 4) is 0 Å². The van der Waals surface area contributed by atoms with Crippen LogP contribution in [0, 0.1) is 0 Å². The molecule has 4 nitrogen and oxygen atoms in total. The molecule has 0 aromatic carbocycles. The predicted molar refractivity (Wildman–Crippen MR) is 49.2 cm³/mol. The zero-order chi connectivity index (χ0) is 8.72. The van der Waals surface area contributed by atoms with Crippen molar-refractivity contribution < 1.29 is 14.7 Å². The summed E-state index contributed by atoms with van der Waals surface area (Å²) >= 11 is 1.60. The Morgan fingerprint density at radius 2 is 2.38 bits per heavy atom. The number of carboxylic acids is 1. The van der Waals surface area contributed by atoms with Gasteiger partial charge in [-0.25, -0.2) is 4.79 Å². The molecule has 1 unspecified atom stereocenters. The topological polar surface area (TPSA) is 57.6 Å². The van der Waals surface area contributed by atoms with Gasteiger partial charge >= 0.3 is 5.97 Å². The van der Waals surface area contributed by atoms with E-state index in [9.17, 15) is 9.59 Å². The fourth-order valence-corrected chi connectivity index (χ4v) is 2.45. The summed E-state index contributed by atoms with van der Waals surface area (Å²) in [6.45, 7) is 0. The number of carboxylic acid groups (broad SMARTS) is 1. The van der Waals surface area contributed by atoms with Crippen LogP contribution in [0.25, 0.3) is 0 Å². The minimum absolute atomic E-state index is 0. The Bertz CT molecular complexity index is 291. The molecule has 2 aliphatic rings. The maximum Gasteiger partial charge on any atom is 0.352 e. The maximum absolute atomic E-state index is 11.0. The number of hydrogen-bond donors (Lipinski definition) is 1. The van der Waals surface area contributed by atoms with Crippen molar-refractivity contribution in [3.63, 3.8) is 0 Å². The number of carbonyl (C=O) groups is 2. The van der Waals surface area contributed by atoms with Gasteiger partial charge in [-0.1, -0.05) is 0 Å². The van der Waals surface area contributed by atoms with Crippen LogP contribution in [0.4, 0.5) is 0 Å². The van der Waals surface area contributed by atoms with Gasteiger partial charge in [0.05, 0.1) is 11.8 Å². The number of carbonyl (C=O) groups excluding carboxylic acids is 1. The number of hydrogen-bond acceptors (Lipinski definition) is 3. The molecule has 0 aliphatic carbocycles. The van der Waals surface area contributed by atoms with Crippen molar-refractivity contribution in [2.45, 2.75) is 11.8 Å². The van der Waals surface area contributed by atoms with Gasteiger partial charge in [0.15, 0.2) is 0 Å². The second-order valence-electron chi connectivity index (χ2n) is 2.65. The standard InChI is InChI=1S/C7H7NO3S.Na/c9-5-3-6-8(5)4(7(10)11)1-2-12-6;/h1,6H,2-3H2,(H,10,11);. The number of β-lactam (4-membered cyclic amide) rings is 1. The molecule has 2 heterocycles. The molecule has 0 aromatic rings. The van der Waals surface area contributed by atoms with E-state index in [2.05, 4.69) is 0 Å². The van der Waals surface area contributed by atoms with Gasteiger partial charge in [0.25, 0.3) is 0 Å². The monoisotopic (exact) mass is 208 g/mol. The molecular weight excluding hydrogens is 201 g/mol. The molecular formula is C7H7NNaO3S. The Hall–Kier alpha value is 0.0300. The van der Waals surface area contributed by atoms with Gasteiger partial charge in [0.2, 0.25) is 5.91 Å². The largest absolute Gasteiger partial charge is 0.477 e. The third-order valence-electron chi connectivity index (χ3n) is 1.95. The van der Waals surface area contributed by atoms with E-state index < -0.39 is 5.97 Å². The summed E-state index contributed by atoms with van der Waals surface area (Å²) < 4.78 is 0. The van der Waals surface area contributed by atoms with Gasteiger partial charge < -0.3 is 5.11 Å². The normalized spacial score (nSPS) is 25.2. The zero-order valence-corrected chi connectivity index (χ0v) is 10.0. The smallest absolute Gasteiger partial charge is 0.352 e. The minimum Gasteiger partial charge on any atom is -0.477 e. The van der Waals surface area contributed by atoms with Crippen LogP contribution in [-0.4, -0.2) is 62.6 Å². The molecule has 65 valence electrons. The van der Waals surface area contributed by atoms with Crippen molar-refractivity contribution in [3.05, 3.63) is 11.8 Å². The molecule has 1 radical (unpaired) electrons. The first-order valence-corrected chi connectivity index (χ1v) is 4.62. The maximum atomic E-state index is 11.0. The Morgan fingerprint density at radius 1 is 1.69 bits per heavy atom. The summed E-state index contributed by atoms with van der Waals surface area (Å²) in [5, 5.41) is 8.78. The van der Waals surface area contributed by atoms with Crippen LogP contribution in [0.15, 0.2) is 11.8 Å². The van der Waals surface area contributed by atoms with Gasteiger partial charge in [0.1, 0.15) is 5.70 Å². The molecule has 1 atom stereocenters. The first-order valence-electron chi connectivity index (χ1n) is 3.57. The zero-order valence-electron chi connectivity index (χ0n) is 7.19. The van der Waals surface area contributed by atoms with Crippen LogP contribution >= 0.6 is 11.8 Å². The van der Waals surface area contributed by atoms with E-state index in [-0.39, 0.29) is 46.5 Å². The van der Waals surface area contributed by atoms with Crippen molar-refractivity contribution in [2.75, 3.05) is 5.75 Å². The minimum atomic E-state index is -1.01. The summed E-state index contributed by atoms with van der Waals surface area (Å²) in [6.07, 6.45) is 2.07. The molecule has 2 rings (SSSR count). The molecule has 1 N–H and O–H groups in total. The number of fused-ring (bicyclic) bond motifs is 1. The number of rotatable bonds is 1. The van der Waals surface area contributed by atoms with Gasteiger partial charge in [-0.2, -0.15) is 0 Å². The van der Waals surface area contributed by atoms with Crippen LogP contribution in [0.1, 0.15) is 6.42 Å². The summed E-state index contributed by atoms with van der Waals surface area (Å²) in [6, 6.07) is 0. The summed E-state index contributed by atoms with van der Waals surface area (Å²) in [7, 11) is 0. The Kier molecular flexibility index (Phi) is 3.45. The van der Waals surface area contributed by atoms with Crippen LogP contribution in [0.3, 0.4) is 0 Å². The van der Waals surface area contributed by atoms with E-state index in [4.69, 9.17) is 5.11 Å². The second kappa shape index (κ2) is 4.04. The summed E-state index contributed by atoms with van der Waals surface area (Å²) in [4.78, 5) is 23.0. The SMILES string of the molecule is O=C(O)C1=CCSC2CC(=O)N12.[Na]. The van der Waals surface area contributed by atoms with E-state index in [1.165, 1.54) is 4.90 Å². The van der Waals surface area contributed by atoms with Gasteiger partial charge in [-0.15, -0.1) is 11.8 Å². The first kappa shape index (κ1) is 11.1.